The van der Waals surface area contributed by atoms with Gasteiger partial charge in [0, 0.05) is 74.5 Å². The Morgan fingerprint density at radius 1 is 0.495 bits per heavy atom. The van der Waals surface area contributed by atoms with Gasteiger partial charge in [-0.1, -0.05) is 209 Å². The number of aliphatic hydroxyl groups is 2. The molecule has 3 saturated heterocycles. The van der Waals surface area contributed by atoms with Crippen LogP contribution in [-0.2, 0) is 62.0 Å². The van der Waals surface area contributed by atoms with E-state index in [0.717, 1.165) is 47.1 Å². The highest BCUT2D eigenvalue weighted by molar-refractivity contribution is 5.98. The van der Waals surface area contributed by atoms with Crippen molar-refractivity contribution in [3.05, 3.63) is 216 Å². The second kappa shape index (κ2) is 44.4. The van der Waals surface area contributed by atoms with Gasteiger partial charge in [0.05, 0.1) is 36.6 Å². The number of hydrogen-bond acceptors (Lipinski definition) is 15. The number of ether oxygens (including phenoxy) is 6. The van der Waals surface area contributed by atoms with Crippen LogP contribution in [0.2, 0.25) is 0 Å². The first-order valence-corrected chi connectivity index (χ1v) is 35.1. The summed E-state index contributed by atoms with van der Waals surface area (Å²) in [5, 5.41) is 20.8. The number of carbonyl (C=O) groups excluding carboxylic acids is 7. The first-order chi connectivity index (χ1) is 47.1. The number of Topliss-reactive ketones (excluding diaryl/α,β-unsaturated/α-hetero) is 2. The summed E-state index contributed by atoms with van der Waals surface area (Å²) in [7, 11) is 0. The molecule has 6 aliphatic heterocycles. The van der Waals surface area contributed by atoms with Gasteiger partial charge in [-0.3, -0.25) is 19.2 Å². The van der Waals surface area contributed by atoms with Gasteiger partial charge in [-0.2, -0.15) is 0 Å². The molecule has 0 aliphatic carbocycles. The molecule has 0 amide bonds. The number of cyclic esters (lactones) is 3. The van der Waals surface area contributed by atoms with Crippen LogP contribution in [0, 0.1) is 35.5 Å². The largest absolute Gasteiger partial charge is 0.455 e. The lowest BCUT2D eigenvalue weighted by atomic mass is 9.88. The monoisotopic (exact) mass is 1360 g/mol. The van der Waals surface area contributed by atoms with E-state index < -0.39 is 30.5 Å². The highest BCUT2D eigenvalue weighted by atomic mass is 16.6. The lowest BCUT2D eigenvalue weighted by Crippen LogP contribution is -2.44. The Kier molecular flexibility index (Phi) is 37.5. The van der Waals surface area contributed by atoms with Gasteiger partial charge in [0.2, 0.25) is 0 Å². The topological polar surface area (TPSA) is 215 Å². The smallest absolute Gasteiger partial charge is 0.331 e. The van der Waals surface area contributed by atoms with Gasteiger partial charge >= 0.3 is 17.9 Å². The van der Waals surface area contributed by atoms with Crippen molar-refractivity contribution in [2.24, 2.45) is 35.5 Å². The number of aliphatic hydroxyl groups excluding tert-OH is 2. The number of carbonyl (C=O) groups is 7. The third-order valence-electron chi connectivity index (χ3n) is 17.4. The van der Waals surface area contributed by atoms with Crippen LogP contribution in [-0.4, -0.2) is 118 Å². The average molecular weight is 1360 g/mol. The predicted molar refractivity (Wildman–Crippen MR) is 393 cm³/mol. The van der Waals surface area contributed by atoms with E-state index in [2.05, 4.69) is 45.9 Å². The van der Waals surface area contributed by atoms with Crippen LogP contribution in [0.4, 0.5) is 0 Å². The molecule has 0 aromatic heterocycles. The molecule has 0 unspecified atom stereocenters. The van der Waals surface area contributed by atoms with Gasteiger partial charge in [-0.15, -0.1) is 0 Å². The average Bonchev–Trinajstić information content (AvgIpc) is 0.855. The fourth-order valence-electron chi connectivity index (χ4n) is 12.1. The zero-order valence-electron chi connectivity index (χ0n) is 61.2. The van der Waals surface area contributed by atoms with Crippen molar-refractivity contribution >= 4 is 41.0 Å². The van der Waals surface area contributed by atoms with Crippen molar-refractivity contribution in [1.29, 1.82) is 0 Å². The summed E-state index contributed by atoms with van der Waals surface area (Å²) in [6.45, 7) is 30.0. The van der Waals surface area contributed by atoms with Crippen LogP contribution in [0.5, 0.6) is 0 Å². The Balaban J connectivity index is 0.000000315. The fraction of sp³-hybridized carbons (Fsp3) is 0.488. The molecule has 0 saturated carbocycles. The van der Waals surface area contributed by atoms with Gasteiger partial charge in [0.1, 0.15) is 42.1 Å². The maximum Gasteiger partial charge on any atom is 0.331 e. The van der Waals surface area contributed by atoms with Crippen LogP contribution in [0.15, 0.2) is 216 Å². The fourth-order valence-corrected chi connectivity index (χ4v) is 12.1. The van der Waals surface area contributed by atoms with Gasteiger partial charge < -0.3 is 38.6 Å². The molecule has 99 heavy (non-hydrogen) atoms. The van der Waals surface area contributed by atoms with Crippen LogP contribution in [0.25, 0.3) is 0 Å². The minimum atomic E-state index is -0.827. The molecule has 2 N–H and O–H groups in total. The minimum absolute atomic E-state index is 0.0289. The van der Waals surface area contributed by atoms with E-state index in [-0.39, 0.29) is 108 Å². The third kappa shape index (κ3) is 32.0. The van der Waals surface area contributed by atoms with E-state index in [1.807, 2.05) is 192 Å². The molecule has 3 fully saturated rings. The van der Waals surface area contributed by atoms with E-state index in [1.54, 1.807) is 18.2 Å². The maximum absolute atomic E-state index is 12.5. The molecule has 538 valence electrons. The van der Waals surface area contributed by atoms with Crippen molar-refractivity contribution < 1.29 is 72.2 Å². The molecule has 0 aromatic carbocycles. The molecule has 6 rings (SSSR count). The maximum atomic E-state index is 12.5. The second-order valence-corrected chi connectivity index (χ2v) is 27.1. The normalized spacial score (nSPS) is 29.3. The van der Waals surface area contributed by atoms with Crippen LogP contribution in [0.3, 0.4) is 0 Å². The molecule has 6 aliphatic rings. The molecule has 0 aromatic rings. The predicted octanol–water partition coefficient (Wildman–Crippen LogP) is 15.8. The minimum Gasteiger partial charge on any atom is -0.455 e. The van der Waals surface area contributed by atoms with Crippen molar-refractivity contribution in [1.82, 2.24) is 0 Å². The van der Waals surface area contributed by atoms with Gasteiger partial charge in [-0.05, 0) is 130 Å². The Morgan fingerprint density at radius 3 is 1.26 bits per heavy atom. The Labute approximate surface area is 590 Å². The van der Waals surface area contributed by atoms with E-state index in [1.165, 1.54) is 36.0 Å². The van der Waals surface area contributed by atoms with Crippen LogP contribution in [0.1, 0.15) is 162 Å². The van der Waals surface area contributed by atoms with Crippen LogP contribution >= 0.6 is 0 Å². The first kappa shape index (κ1) is 83.6. The lowest BCUT2D eigenvalue weighted by molar-refractivity contribution is -0.149. The van der Waals surface area contributed by atoms with Gasteiger partial charge in [0.15, 0.2) is 11.6 Å². The van der Waals surface area contributed by atoms with Crippen molar-refractivity contribution in [2.75, 3.05) is 0 Å². The molecule has 0 radical (unpaired) electrons. The Bertz CT molecular complexity index is 3300. The molecular formula is C84H112O15. The summed E-state index contributed by atoms with van der Waals surface area (Å²) in [5.41, 5.74) is 6.84. The summed E-state index contributed by atoms with van der Waals surface area (Å²) < 4.78 is 33.4. The lowest BCUT2D eigenvalue weighted by Gasteiger charge is -2.35. The summed E-state index contributed by atoms with van der Waals surface area (Å²) in [6, 6.07) is 0. The number of rotatable bonds is 27. The highest BCUT2D eigenvalue weighted by Crippen LogP contribution is 2.29. The summed E-state index contributed by atoms with van der Waals surface area (Å²) in [6.07, 6.45) is 56.0. The summed E-state index contributed by atoms with van der Waals surface area (Å²) in [4.78, 5) is 83.4. The molecule has 15 nitrogen and oxygen atoms in total. The SMILES string of the molecule is C/C=C/[C@@H]1O[C@H](C(=O)/C=C/C=C(\C)C[C@@H](C)/C=C(C)\C=C\[C@H]2CC=CC(=O)O2)CC(=O)[C@@H]1C.C/C=C/[C@@H]1O[C@H](C(=O)/C=C/C=C(\C)C[C@@H](C)/C=C(C)\C=C\[C@H]2CC=CC(=O)O2)C[C@@H](O)[C@@H]1C.C/C=C/[C@@H]1O[C@H]([C@H](O)/C=C/C=C(\C)C[C@@H](C)/C=C(C)\C=C\[C@H]2CC=CC(=O)O2)CC(=O)[C@@H]1C. The van der Waals surface area contributed by atoms with Crippen LogP contribution < -0.4 is 0 Å². The molecular weight excluding hydrogens is 1250 g/mol. The molecule has 0 spiro atoms. The number of allylic oxidation sites excluding steroid dienone is 21. The molecule has 17 atom stereocenters. The number of esters is 3. The first-order valence-electron chi connectivity index (χ1n) is 35.1. The molecule has 15 heteroatoms. The van der Waals surface area contributed by atoms with Gasteiger partial charge in [0.25, 0.3) is 0 Å². The zero-order valence-corrected chi connectivity index (χ0v) is 61.2. The number of hydrogen-bond donors (Lipinski definition) is 2. The molecule has 0 bridgehead atoms. The summed E-state index contributed by atoms with van der Waals surface area (Å²) >= 11 is 0. The Morgan fingerprint density at radius 2 is 0.859 bits per heavy atom. The molecule has 6 heterocycles. The van der Waals surface area contributed by atoms with E-state index >= 15 is 0 Å². The van der Waals surface area contributed by atoms with E-state index in [9.17, 15) is 43.8 Å². The number of ketones is 4. The summed E-state index contributed by atoms with van der Waals surface area (Å²) in [5.74, 6) is -0.469. The Hall–Kier alpha value is -7.79. The van der Waals surface area contributed by atoms with E-state index in [4.69, 9.17) is 28.4 Å². The quantitative estimate of drug-likeness (QED) is 0.0257. The van der Waals surface area contributed by atoms with Gasteiger partial charge in [-0.25, -0.2) is 14.4 Å². The zero-order chi connectivity index (χ0) is 73.1. The standard InChI is InChI=1S/2C28H38O5.C28H36O5/c3*1-6-9-26-22(5)25(30)18-27(33-26)24(29)12-7-10-19(2)16-21(4)17-20(3)14-15-23-11-8-13-28(31)32-23/h6-10,12-15,17,21-23,25-27,30H,11,16,18H2,1-5H3;6-10,12-15,17,21-24,26-27,29H,11,16,18H2,1-5H3;6-10,12-15,17,21-23,26-27H,11,16,18H2,1-5H3/b3*9-6+,12-7+,15-14+,19-10+,20-17-/t21-,22+,23-,25-,26+,27+;21-,22+,23-,24-,26+,27+;21-,22+,23-,26+,27+/m111/s1. The van der Waals surface area contributed by atoms with Crippen molar-refractivity contribution in [3.8, 4) is 0 Å². The van der Waals surface area contributed by atoms with E-state index in [0.29, 0.717) is 43.4 Å². The van der Waals surface area contributed by atoms with Crippen molar-refractivity contribution in [3.63, 3.8) is 0 Å². The second-order valence-electron chi connectivity index (χ2n) is 27.1. The van der Waals surface area contributed by atoms with Crippen molar-refractivity contribution in [2.45, 2.75) is 229 Å². The third-order valence-corrected chi connectivity index (χ3v) is 17.4. The highest BCUT2D eigenvalue weighted by Gasteiger charge is 2.38.